The third kappa shape index (κ3) is 1.38. The summed E-state index contributed by atoms with van der Waals surface area (Å²) in [6, 6.07) is 5.07. The molecule has 2 aromatic heterocycles. The molecule has 0 saturated carbocycles. The highest BCUT2D eigenvalue weighted by Gasteiger charge is 2.24. The standard InChI is InChI=1S/C11H9N5O/c12-15-14-6-8-5-7-3-4-13-9-1-2-10(17)16(8)11(7)9/h1-4,8H,5-6H2. The maximum Gasteiger partial charge on any atom is 0.251 e. The summed E-state index contributed by atoms with van der Waals surface area (Å²) in [4.78, 5) is 18.9. The van der Waals surface area contributed by atoms with Gasteiger partial charge in [-0.3, -0.25) is 9.78 Å². The smallest absolute Gasteiger partial charge is 0.251 e. The first kappa shape index (κ1) is 9.86. The van der Waals surface area contributed by atoms with Gasteiger partial charge < -0.3 is 4.57 Å². The Hall–Kier alpha value is -2.33. The Kier molecular flexibility index (Phi) is 2.09. The van der Waals surface area contributed by atoms with Crippen LogP contribution in [0, 0.1) is 0 Å². The zero-order valence-corrected chi connectivity index (χ0v) is 8.95. The molecule has 0 radical (unpaired) electrons. The van der Waals surface area contributed by atoms with Crippen LogP contribution in [-0.4, -0.2) is 16.1 Å². The zero-order valence-electron chi connectivity index (χ0n) is 8.95. The SMILES string of the molecule is [N-]=[N+]=NCC1Cc2ccnc3ccc(=O)n1c23. The Balaban J connectivity index is 2.27. The fourth-order valence-corrected chi connectivity index (χ4v) is 2.40. The second-order valence-corrected chi connectivity index (χ2v) is 4.02. The molecule has 0 saturated heterocycles. The normalized spacial score (nSPS) is 17.1. The van der Waals surface area contributed by atoms with E-state index in [0.717, 1.165) is 23.0 Å². The van der Waals surface area contributed by atoms with Crippen molar-refractivity contribution in [3.63, 3.8) is 0 Å². The summed E-state index contributed by atoms with van der Waals surface area (Å²) in [5, 5.41) is 3.57. The highest BCUT2D eigenvalue weighted by atomic mass is 16.1. The van der Waals surface area contributed by atoms with Gasteiger partial charge in [0.2, 0.25) is 0 Å². The Morgan fingerprint density at radius 2 is 2.41 bits per heavy atom. The molecule has 1 atom stereocenters. The van der Waals surface area contributed by atoms with Gasteiger partial charge in [0.1, 0.15) is 0 Å². The van der Waals surface area contributed by atoms with Gasteiger partial charge >= 0.3 is 0 Å². The van der Waals surface area contributed by atoms with E-state index < -0.39 is 0 Å². The molecule has 2 aromatic rings. The third-order valence-corrected chi connectivity index (χ3v) is 3.07. The summed E-state index contributed by atoms with van der Waals surface area (Å²) >= 11 is 0. The molecule has 0 spiro atoms. The molecule has 1 aliphatic rings. The highest BCUT2D eigenvalue weighted by molar-refractivity contribution is 5.79. The van der Waals surface area contributed by atoms with Gasteiger partial charge in [0, 0.05) is 29.8 Å². The Morgan fingerprint density at radius 3 is 3.24 bits per heavy atom. The lowest BCUT2D eigenvalue weighted by Gasteiger charge is -2.10. The molecule has 6 heteroatoms. The summed E-state index contributed by atoms with van der Waals surface area (Å²) in [5.41, 5.74) is 11.1. The van der Waals surface area contributed by atoms with Crippen LogP contribution in [0.15, 0.2) is 34.3 Å². The average Bonchev–Trinajstić information content (AvgIpc) is 2.72. The molecule has 0 aromatic carbocycles. The minimum absolute atomic E-state index is 0.0672. The Labute approximate surface area is 96.1 Å². The van der Waals surface area contributed by atoms with Crippen LogP contribution < -0.4 is 5.56 Å². The second-order valence-electron chi connectivity index (χ2n) is 4.02. The third-order valence-electron chi connectivity index (χ3n) is 3.07. The fraction of sp³-hybridized carbons (Fsp3) is 0.273. The molecule has 1 aliphatic heterocycles. The maximum atomic E-state index is 11.9. The van der Waals surface area contributed by atoms with E-state index in [-0.39, 0.29) is 11.6 Å². The summed E-state index contributed by atoms with van der Waals surface area (Å²) < 4.78 is 1.69. The quantitative estimate of drug-likeness (QED) is 0.445. The monoisotopic (exact) mass is 227 g/mol. The topological polar surface area (TPSA) is 83.7 Å². The number of nitrogens with zero attached hydrogens (tertiary/aromatic N) is 5. The molecule has 0 aliphatic carbocycles. The van der Waals surface area contributed by atoms with E-state index in [1.165, 1.54) is 6.07 Å². The first-order valence-electron chi connectivity index (χ1n) is 5.31. The predicted molar refractivity (Wildman–Crippen MR) is 62.8 cm³/mol. The molecule has 3 rings (SSSR count). The van der Waals surface area contributed by atoms with Crippen molar-refractivity contribution in [3.05, 3.63) is 50.8 Å². The molecule has 0 amide bonds. The Morgan fingerprint density at radius 1 is 1.53 bits per heavy atom. The Bertz CT molecular complexity index is 699. The maximum absolute atomic E-state index is 11.9. The van der Waals surface area contributed by atoms with Crippen molar-refractivity contribution in [3.8, 4) is 0 Å². The summed E-state index contributed by atoms with van der Waals surface area (Å²) in [7, 11) is 0. The highest BCUT2D eigenvalue weighted by Crippen LogP contribution is 2.29. The molecule has 0 bridgehead atoms. The summed E-state index contributed by atoms with van der Waals surface area (Å²) in [6.07, 6.45) is 2.46. The van der Waals surface area contributed by atoms with E-state index in [1.807, 2.05) is 6.07 Å². The van der Waals surface area contributed by atoms with Crippen molar-refractivity contribution < 1.29 is 0 Å². The molecule has 17 heavy (non-hydrogen) atoms. The lowest BCUT2D eigenvalue weighted by Crippen LogP contribution is -2.23. The van der Waals surface area contributed by atoms with Crippen LogP contribution in [0.3, 0.4) is 0 Å². The largest absolute Gasteiger partial charge is 0.303 e. The van der Waals surface area contributed by atoms with Crippen LogP contribution in [0.1, 0.15) is 11.6 Å². The summed E-state index contributed by atoms with van der Waals surface area (Å²) in [5.74, 6) is 0. The number of aromatic nitrogens is 2. The van der Waals surface area contributed by atoms with Crippen molar-refractivity contribution >= 4 is 11.0 Å². The van der Waals surface area contributed by atoms with Gasteiger partial charge in [0.15, 0.2) is 0 Å². The van der Waals surface area contributed by atoms with E-state index in [1.54, 1.807) is 16.8 Å². The van der Waals surface area contributed by atoms with Crippen molar-refractivity contribution in [1.29, 1.82) is 0 Å². The zero-order chi connectivity index (χ0) is 11.8. The van der Waals surface area contributed by atoms with Gasteiger partial charge in [-0.15, -0.1) is 0 Å². The van der Waals surface area contributed by atoms with Gasteiger partial charge in [-0.2, -0.15) is 0 Å². The van der Waals surface area contributed by atoms with Crippen LogP contribution >= 0.6 is 0 Å². The van der Waals surface area contributed by atoms with E-state index >= 15 is 0 Å². The van der Waals surface area contributed by atoms with Gasteiger partial charge in [-0.1, -0.05) is 5.11 Å². The summed E-state index contributed by atoms with van der Waals surface area (Å²) in [6.45, 7) is 0.296. The minimum Gasteiger partial charge on any atom is -0.303 e. The first-order valence-corrected chi connectivity index (χ1v) is 5.31. The van der Waals surface area contributed by atoms with Gasteiger partial charge in [-0.05, 0) is 29.6 Å². The number of rotatable bonds is 2. The predicted octanol–water partition coefficient (Wildman–Crippen LogP) is 1.80. The van der Waals surface area contributed by atoms with Gasteiger partial charge in [0.25, 0.3) is 5.56 Å². The van der Waals surface area contributed by atoms with Crippen molar-refractivity contribution in [2.24, 2.45) is 5.11 Å². The van der Waals surface area contributed by atoms with E-state index in [2.05, 4.69) is 15.0 Å². The molecule has 3 heterocycles. The molecular weight excluding hydrogens is 218 g/mol. The van der Waals surface area contributed by atoms with E-state index in [0.29, 0.717) is 6.54 Å². The lowest BCUT2D eigenvalue weighted by molar-refractivity contribution is 0.538. The number of pyridine rings is 2. The van der Waals surface area contributed by atoms with Crippen molar-refractivity contribution in [1.82, 2.24) is 9.55 Å². The van der Waals surface area contributed by atoms with Crippen LogP contribution in [0.4, 0.5) is 0 Å². The lowest BCUT2D eigenvalue weighted by atomic mass is 10.1. The number of hydrogen-bond acceptors (Lipinski definition) is 3. The van der Waals surface area contributed by atoms with Crippen LogP contribution in [0.25, 0.3) is 21.5 Å². The minimum atomic E-state index is -0.0821. The van der Waals surface area contributed by atoms with E-state index in [9.17, 15) is 4.79 Å². The second kappa shape index (κ2) is 3.61. The van der Waals surface area contributed by atoms with Gasteiger partial charge in [-0.25, -0.2) is 0 Å². The molecule has 84 valence electrons. The van der Waals surface area contributed by atoms with Crippen molar-refractivity contribution in [2.75, 3.05) is 6.54 Å². The van der Waals surface area contributed by atoms with E-state index in [4.69, 9.17) is 5.53 Å². The molecule has 6 nitrogen and oxygen atoms in total. The van der Waals surface area contributed by atoms with Crippen LogP contribution in [0.5, 0.6) is 0 Å². The average molecular weight is 227 g/mol. The van der Waals surface area contributed by atoms with Crippen LogP contribution in [-0.2, 0) is 6.42 Å². The van der Waals surface area contributed by atoms with Crippen LogP contribution in [0.2, 0.25) is 0 Å². The fourth-order valence-electron chi connectivity index (χ4n) is 2.40. The number of hydrogen-bond donors (Lipinski definition) is 0. The van der Waals surface area contributed by atoms with Crippen molar-refractivity contribution in [2.45, 2.75) is 12.5 Å². The molecule has 0 N–H and O–H groups in total. The first-order chi connectivity index (χ1) is 8.31. The molecule has 0 fully saturated rings. The van der Waals surface area contributed by atoms with Gasteiger partial charge in [0.05, 0.1) is 11.0 Å². The number of azide groups is 1. The molecule has 1 unspecified atom stereocenters. The molecular formula is C11H9N5O.